The van der Waals surface area contributed by atoms with Crippen molar-refractivity contribution in [3.8, 4) is 0 Å². The molecule has 13 heteroatoms. The van der Waals surface area contributed by atoms with Crippen molar-refractivity contribution in [3.05, 3.63) is 12.2 Å². The van der Waals surface area contributed by atoms with Gasteiger partial charge in [0.15, 0.2) is 8.32 Å². The number of rotatable bonds is 17. The first-order chi connectivity index (χ1) is 16.3. The number of carbonyl (C=O) groups is 1. The highest BCUT2D eigenvalue weighted by Crippen LogP contribution is 2.38. The van der Waals surface area contributed by atoms with E-state index in [1.54, 1.807) is 6.92 Å². The largest absolute Gasteiger partial charge is 0.491 e. The summed E-state index contributed by atoms with van der Waals surface area (Å²) in [7, 11) is -15.2. The molecule has 0 saturated carbocycles. The average Bonchev–Trinajstić information content (AvgIpc) is 2.60. The van der Waals surface area contributed by atoms with Crippen LogP contribution < -0.4 is 0 Å². The number of carbonyl (C=O) groups excluding carboxylic acids is 1. The molecule has 0 radical (unpaired) electrons. The van der Waals surface area contributed by atoms with Gasteiger partial charge in [-0.3, -0.25) is 0 Å². The molecule has 0 heterocycles. The first-order valence-corrected chi connectivity index (χ1v) is 30.1. The monoisotopic (exact) mass is 626 g/mol. The maximum Gasteiger partial charge on any atom is 0.398 e. The van der Waals surface area contributed by atoms with Crippen LogP contribution in [0.15, 0.2) is 12.2 Å². The number of unbranched alkanes of at least 4 members (excludes halogenated alkanes) is 1. The van der Waals surface area contributed by atoms with E-state index in [9.17, 15) is 4.79 Å². The summed E-state index contributed by atoms with van der Waals surface area (Å²) in [5.74, 6) is -0.397. The fraction of sp³-hybridized carbons (Fsp3) is 0.875. The Bertz CT molecular complexity index is 759. The third kappa shape index (κ3) is 13.5. The van der Waals surface area contributed by atoms with Crippen LogP contribution in [-0.2, 0) is 29.8 Å². The molecule has 0 aliphatic rings. The summed E-state index contributed by atoms with van der Waals surface area (Å²) in [5, 5.41) is 0. The second kappa shape index (κ2) is 13.8. The van der Waals surface area contributed by atoms with Gasteiger partial charge in [0.1, 0.15) is 0 Å². The standard InChI is InChI=1S/C24H58O7Si6/c1-18-19-20-32(8,9)27-33(10,11)28-34(12,13)29-35(14,15)30-36(16,17)31-37(22(4)5,23(6)7)26-24(25)21(2)3/h22-23H,2,18-20H2,1,3-17H3. The molecule has 0 saturated heterocycles. The van der Waals surface area contributed by atoms with Gasteiger partial charge in [-0.15, -0.1) is 0 Å². The van der Waals surface area contributed by atoms with Crippen LogP contribution in [0.2, 0.25) is 82.6 Å². The topological polar surface area (TPSA) is 72.5 Å². The van der Waals surface area contributed by atoms with Crippen molar-refractivity contribution < 1.29 is 29.8 Å². The summed E-state index contributed by atoms with van der Waals surface area (Å²) >= 11 is 0. The third-order valence-electron chi connectivity index (χ3n) is 5.74. The maximum atomic E-state index is 12.6. The van der Waals surface area contributed by atoms with E-state index in [0.29, 0.717) is 5.57 Å². The van der Waals surface area contributed by atoms with Crippen molar-refractivity contribution in [2.45, 2.75) is 137 Å². The fourth-order valence-corrected chi connectivity index (χ4v) is 35.7. The van der Waals surface area contributed by atoms with Gasteiger partial charge in [-0.2, -0.15) is 0 Å². The Labute approximate surface area is 235 Å². The first kappa shape index (κ1) is 37.3. The van der Waals surface area contributed by atoms with Crippen LogP contribution in [0.1, 0.15) is 54.4 Å². The highest BCUT2D eigenvalue weighted by Gasteiger charge is 2.54. The van der Waals surface area contributed by atoms with E-state index in [1.165, 1.54) is 12.8 Å². The molecule has 0 spiro atoms. The molecule has 37 heavy (non-hydrogen) atoms. The molecule has 7 nitrogen and oxygen atoms in total. The smallest absolute Gasteiger partial charge is 0.398 e. The van der Waals surface area contributed by atoms with E-state index in [2.05, 4.69) is 80.5 Å². The van der Waals surface area contributed by atoms with Crippen molar-refractivity contribution in [2.24, 2.45) is 0 Å². The molecule has 0 aliphatic carbocycles. The Morgan fingerprint density at radius 2 is 1.03 bits per heavy atom. The van der Waals surface area contributed by atoms with Gasteiger partial charge in [-0.05, 0) is 78.4 Å². The molecule has 0 aliphatic heterocycles. The normalized spacial score (nSPS) is 14.4. The molecule has 0 N–H and O–H groups in total. The summed E-state index contributed by atoms with van der Waals surface area (Å²) in [4.78, 5) is 12.6. The van der Waals surface area contributed by atoms with Crippen molar-refractivity contribution in [3.63, 3.8) is 0 Å². The molecule has 220 valence electrons. The summed E-state index contributed by atoms with van der Waals surface area (Å²) in [6.07, 6.45) is 2.36. The first-order valence-electron chi connectivity index (χ1n) is 13.7. The lowest BCUT2D eigenvalue weighted by Crippen LogP contribution is -2.62. The Hall–Kier alpha value is 0.311. The van der Waals surface area contributed by atoms with Crippen LogP contribution in [0.4, 0.5) is 0 Å². The molecule has 0 amide bonds. The molecule has 0 bridgehead atoms. The second-order valence-corrected chi connectivity index (χ2v) is 36.4. The van der Waals surface area contributed by atoms with Gasteiger partial charge in [0.2, 0.25) is 0 Å². The lowest BCUT2D eigenvalue weighted by Gasteiger charge is -2.45. The van der Waals surface area contributed by atoms with Crippen molar-refractivity contribution in [1.82, 2.24) is 0 Å². The predicted octanol–water partition coefficient (Wildman–Crippen LogP) is 8.26. The lowest BCUT2D eigenvalue weighted by molar-refractivity contribution is -0.132. The van der Waals surface area contributed by atoms with Gasteiger partial charge in [-0.1, -0.05) is 54.0 Å². The minimum absolute atomic E-state index is 0.0511. The maximum absolute atomic E-state index is 12.6. The Kier molecular flexibility index (Phi) is 13.9. The Morgan fingerprint density at radius 3 is 1.35 bits per heavy atom. The molecule has 0 unspecified atom stereocenters. The molecular formula is C24H58O7Si6. The summed E-state index contributed by atoms with van der Waals surface area (Å²) in [5.41, 5.74) is 0.477. The predicted molar refractivity (Wildman–Crippen MR) is 169 cm³/mol. The molecule has 0 aromatic rings. The van der Waals surface area contributed by atoms with E-state index in [-0.39, 0.29) is 11.1 Å². The van der Waals surface area contributed by atoms with Crippen LogP contribution in [0.3, 0.4) is 0 Å². The van der Waals surface area contributed by atoms with E-state index in [0.717, 1.165) is 6.04 Å². The van der Waals surface area contributed by atoms with Gasteiger partial charge in [0.25, 0.3) is 0 Å². The third-order valence-corrected chi connectivity index (χ3v) is 30.2. The van der Waals surface area contributed by atoms with Crippen LogP contribution in [0.25, 0.3) is 0 Å². The van der Waals surface area contributed by atoms with Gasteiger partial charge in [0, 0.05) is 16.7 Å². The molecule has 0 atom stereocenters. The Balaban J connectivity index is 5.69. The molecule has 0 aromatic heterocycles. The van der Waals surface area contributed by atoms with Crippen molar-refractivity contribution >= 4 is 57.1 Å². The van der Waals surface area contributed by atoms with Gasteiger partial charge >= 0.3 is 48.8 Å². The van der Waals surface area contributed by atoms with Crippen molar-refractivity contribution in [1.29, 1.82) is 0 Å². The Morgan fingerprint density at radius 1 is 0.676 bits per heavy atom. The molecule has 0 fully saturated rings. The van der Waals surface area contributed by atoms with E-state index < -0.39 is 57.1 Å². The van der Waals surface area contributed by atoms with Crippen LogP contribution in [0, 0.1) is 0 Å². The minimum Gasteiger partial charge on any atom is -0.491 e. The van der Waals surface area contributed by atoms with Crippen LogP contribution >= 0.6 is 0 Å². The zero-order valence-corrected chi connectivity index (χ0v) is 32.8. The summed E-state index contributed by atoms with van der Waals surface area (Å²) < 4.78 is 39.7. The van der Waals surface area contributed by atoms with E-state index >= 15 is 0 Å². The van der Waals surface area contributed by atoms with E-state index in [1.807, 2.05) is 26.2 Å². The second-order valence-electron chi connectivity index (χ2n) is 13.2. The average molecular weight is 627 g/mol. The quantitative estimate of drug-likeness (QED) is 0.119. The van der Waals surface area contributed by atoms with E-state index in [4.69, 9.17) is 25.0 Å². The minimum atomic E-state index is -2.98. The fourth-order valence-electron chi connectivity index (χ4n) is 4.95. The van der Waals surface area contributed by atoms with Crippen molar-refractivity contribution in [2.75, 3.05) is 0 Å². The summed E-state index contributed by atoms with van der Waals surface area (Å²) in [6, 6.07) is 1.14. The van der Waals surface area contributed by atoms with Gasteiger partial charge < -0.3 is 25.0 Å². The number of hydrogen-bond acceptors (Lipinski definition) is 7. The van der Waals surface area contributed by atoms with Crippen LogP contribution in [0.5, 0.6) is 0 Å². The molecule has 0 rings (SSSR count). The van der Waals surface area contributed by atoms with Gasteiger partial charge in [-0.25, -0.2) is 4.79 Å². The van der Waals surface area contributed by atoms with Gasteiger partial charge in [0.05, 0.1) is 0 Å². The zero-order chi connectivity index (χ0) is 29.7. The number of hydrogen-bond donors (Lipinski definition) is 0. The summed E-state index contributed by atoms with van der Waals surface area (Å²) in [6.45, 7) is 37.0. The SMILES string of the molecule is C=C(C)C(=O)O[Si](O[Si](C)(C)O[Si](C)(C)O[Si](C)(C)O[Si](C)(C)O[Si](C)(C)CCCC)(C(C)C)C(C)C. The molecular weight excluding hydrogens is 569 g/mol. The lowest BCUT2D eigenvalue weighted by atomic mass is 10.4. The molecule has 0 aromatic carbocycles. The highest BCUT2D eigenvalue weighted by atomic mass is 28.5. The highest BCUT2D eigenvalue weighted by molar-refractivity contribution is 6.91. The van der Waals surface area contributed by atoms with Crippen LogP contribution in [-0.4, -0.2) is 57.1 Å². The zero-order valence-electron chi connectivity index (χ0n) is 26.8.